The number of methoxy groups -OCH3 is 1. The lowest BCUT2D eigenvalue weighted by Crippen LogP contribution is -2.42. The Kier molecular flexibility index (Phi) is 7.86. The van der Waals surface area contributed by atoms with Crippen molar-refractivity contribution in [3.05, 3.63) is 42.2 Å². The van der Waals surface area contributed by atoms with Crippen LogP contribution in [0.5, 0.6) is 5.75 Å². The van der Waals surface area contributed by atoms with Crippen LogP contribution in [0.25, 0.3) is 5.69 Å². The molecule has 0 saturated carbocycles. The molecule has 0 aliphatic heterocycles. The topological polar surface area (TPSA) is 97.6 Å². The Balaban J connectivity index is 1.99. The molecule has 0 aliphatic rings. The zero-order valence-corrected chi connectivity index (χ0v) is 17.7. The standard InChI is InChI=1S/C19H29N5O3S/c1-5-20-19(22-15(2)11-13-28(4,25)26)21-14-16-10-12-24(23-16)17-6-8-18(27-3)9-7-17/h6-10,12,15H,5,11,13-14H2,1-4H3,(H2,20,21,22). The van der Waals surface area contributed by atoms with Gasteiger partial charge in [-0.2, -0.15) is 5.10 Å². The number of nitrogens with one attached hydrogen (secondary N) is 2. The van der Waals surface area contributed by atoms with Crippen LogP contribution in [0.2, 0.25) is 0 Å². The lowest BCUT2D eigenvalue weighted by molar-refractivity contribution is 0.414. The molecule has 0 aliphatic carbocycles. The molecule has 0 spiro atoms. The van der Waals surface area contributed by atoms with Crippen molar-refractivity contribution in [2.45, 2.75) is 32.9 Å². The molecule has 0 fully saturated rings. The Hall–Kier alpha value is -2.55. The average Bonchev–Trinajstić information content (AvgIpc) is 3.13. The lowest BCUT2D eigenvalue weighted by Gasteiger charge is -2.17. The second-order valence-electron chi connectivity index (χ2n) is 6.61. The first kappa shape index (κ1) is 21.7. The predicted octanol–water partition coefficient (Wildman–Crippen LogP) is 1.76. The highest BCUT2D eigenvalue weighted by Gasteiger charge is 2.10. The second kappa shape index (κ2) is 10.1. The monoisotopic (exact) mass is 407 g/mol. The molecule has 2 N–H and O–H groups in total. The van der Waals surface area contributed by atoms with E-state index in [1.54, 1.807) is 11.8 Å². The molecule has 28 heavy (non-hydrogen) atoms. The number of hydrogen-bond acceptors (Lipinski definition) is 5. The fraction of sp³-hybridized carbons (Fsp3) is 0.474. The summed E-state index contributed by atoms with van der Waals surface area (Å²) >= 11 is 0. The molecule has 2 rings (SSSR count). The summed E-state index contributed by atoms with van der Waals surface area (Å²) in [5.74, 6) is 1.59. The van der Waals surface area contributed by atoms with Gasteiger partial charge in [-0.25, -0.2) is 18.1 Å². The van der Waals surface area contributed by atoms with Crippen LogP contribution in [-0.4, -0.2) is 55.9 Å². The van der Waals surface area contributed by atoms with E-state index in [0.717, 1.165) is 17.1 Å². The summed E-state index contributed by atoms with van der Waals surface area (Å²) in [5, 5.41) is 11.0. The maximum absolute atomic E-state index is 11.3. The summed E-state index contributed by atoms with van der Waals surface area (Å²) in [6.45, 7) is 5.05. The smallest absolute Gasteiger partial charge is 0.191 e. The fourth-order valence-corrected chi connectivity index (χ4v) is 3.28. The van der Waals surface area contributed by atoms with E-state index in [9.17, 15) is 8.42 Å². The Morgan fingerprint density at radius 3 is 2.61 bits per heavy atom. The summed E-state index contributed by atoms with van der Waals surface area (Å²) in [6, 6.07) is 9.57. The summed E-state index contributed by atoms with van der Waals surface area (Å²) in [6.07, 6.45) is 3.66. The van der Waals surface area contributed by atoms with Gasteiger partial charge in [0.1, 0.15) is 15.6 Å². The molecule has 154 valence electrons. The number of aliphatic imine (C=N–C) groups is 1. The van der Waals surface area contributed by atoms with Crippen LogP contribution in [-0.2, 0) is 16.4 Å². The maximum Gasteiger partial charge on any atom is 0.191 e. The van der Waals surface area contributed by atoms with Gasteiger partial charge in [0.2, 0.25) is 0 Å². The molecule has 1 aromatic heterocycles. The van der Waals surface area contributed by atoms with Crippen molar-refractivity contribution in [3.63, 3.8) is 0 Å². The third-order valence-corrected chi connectivity index (χ3v) is 5.01. The SMILES string of the molecule is CCNC(=NCc1ccn(-c2ccc(OC)cc2)n1)NC(C)CCS(C)(=O)=O. The first-order chi connectivity index (χ1) is 13.3. The molecule has 1 unspecified atom stereocenters. The third kappa shape index (κ3) is 7.22. The molecular weight excluding hydrogens is 378 g/mol. The van der Waals surface area contributed by atoms with E-state index in [1.165, 1.54) is 6.26 Å². The predicted molar refractivity (Wildman–Crippen MR) is 112 cm³/mol. The Morgan fingerprint density at radius 1 is 1.29 bits per heavy atom. The number of guanidine groups is 1. The first-order valence-electron chi connectivity index (χ1n) is 9.22. The summed E-state index contributed by atoms with van der Waals surface area (Å²) in [7, 11) is -1.34. The molecule has 9 heteroatoms. The van der Waals surface area contributed by atoms with Gasteiger partial charge in [0, 0.05) is 25.0 Å². The number of benzene rings is 1. The van der Waals surface area contributed by atoms with E-state index in [4.69, 9.17) is 4.74 Å². The second-order valence-corrected chi connectivity index (χ2v) is 8.87. The van der Waals surface area contributed by atoms with Gasteiger partial charge >= 0.3 is 0 Å². The van der Waals surface area contributed by atoms with Crippen LogP contribution < -0.4 is 15.4 Å². The van der Waals surface area contributed by atoms with Crippen LogP contribution >= 0.6 is 0 Å². The van der Waals surface area contributed by atoms with Crippen molar-refractivity contribution in [2.75, 3.05) is 25.7 Å². The van der Waals surface area contributed by atoms with Crippen molar-refractivity contribution in [1.82, 2.24) is 20.4 Å². The largest absolute Gasteiger partial charge is 0.497 e. The molecule has 2 aromatic rings. The normalized spacial score (nSPS) is 13.2. The van der Waals surface area contributed by atoms with E-state index in [0.29, 0.717) is 25.5 Å². The Bertz CT molecular complexity index is 875. The van der Waals surface area contributed by atoms with Gasteiger partial charge in [-0.05, 0) is 50.6 Å². The molecule has 0 amide bonds. The molecule has 8 nitrogen and oxygen atoms in total. The first-order valence-corrected chi connectivity index (χ1v) is 11.3. The number of aromatic nitrogens is 2. The quantitative estimate of drug-likeness (QED) is 0.486. The van der Waals surface area contributed by atoms with Gasteiger partial charge < -0.3 is 15.4 Å². The third-order valence-electron chi connectivity index (χ3n) is 4.03. The highest BCUT2D eigenvalue weighted by Crippen LogP contribution is 2.14. The number of rotatable bonds is 9. The highest BCUT2D eigenvalue weighted by molar-refractivity contribution is 7.90. The molecule has 1 atom stereocenters. The van der Waals surface area contributed by atoms with E-state index >= 15 is 0 Å². The minimum absolute atomic E-state index is 0.00983. The number of ether oxygens (including phenoxy) is 1. The van der Waals surface area contributed by atoms with Crippen LogP contribution in [0, 0.1) is 0 Å². The fourth-order valence-electron chi connectivity index (χ4n) is 2.50. The summed E-state index contributed by atoms with van der Waals surface area (Å²) in [5.41, 5.74) is 1.77. The van der Waals surface area contributed by atoms with Gasteiger partial charge in [-0.15, -0.1) is 0 Å². The highest BCUT2D eigenvalue weighted by atomic mass is 32.2. The van der Waals surface area contributed by atoms with Gasteiger partial charge in [-0.1, -0.05) is 0 Å². The van der Waals surface area contributed by atoms with E-state index < -0.39 is 9.84 Å². The molecule has 0 saturated heterocycles. The number of sulfone groups is 1. The van der Waals surface area contributed by atoms with Crippen LogP contribution in [0.4, 0.5) is 0 Å². The molecule has 0 bridgehead atoms. The van der Waals surface area contributed by atoms with Crippen molar-refractivity contribution in [2.24, 2.45) is 4.99 Å². The van der Waals surface area contributed by atoms with Gasteiger partial charge in [-0.3, -0.25) is 0 Å². The Labute approximate surface area is 166 Å². The van der Waals surface area contributed by atoms with Gasteiger partial charge in [0.15, 0.2) is 5.96 Å². The lowest BCUT2D eigenvalue weighted by atomic mass is 10.3. The molecule has 1 heterocycles. The summed E-state index contributed by atoms with van der Waals surface area (Å²) < 4.78 is 29.6. The zero-order valence-electron chi connectivity index (χ0n) is 16.8. The Morgan fingerprint density at radius 2 is 2.00 bits per heavy atom. The van der Waals surface area contributed by atoms with E-state index in [-0.39, 0.29) is 11.8 Å². The minimum atomic E-state index is -2.97. The minimum Gasteiger partial charge on any atom is -0.497 e. The van der Waals surface area contributed by atoms with Crippen LogP contribution in [0.3, 0.4) is 0 Å². The maximum atomic E-state index is 11.3. The average molecular weight is 408 g/mol. The molecular formula is C19H29N5O3S. The summed E-state index contributed by atoms with van der Waals surface area (Å²) in [4.78, 5) is 4.55. The number of nitrogens with zero attached hydrogens (tertiary/aromatic N) is 3. The molecule has 0 radical (unpaired) electrons. The van der Waals surface area contributed by atoms with Gasteiger partial charge in [0.05, 0.1) is 30.8 Å². The molecule has 1 aromatic carbocycles. The van der Waals surface area contributed by atoms with E-state index in [1.807, 2.05) is 50.4 Å². The van der Waals surface area contributed by atoms with Crippen molar-refractivity contribution in [3.8, 4) is 11.4 Å². The van der Waals surface area contributed by atoms with Crippen molar-refractivity contribution in [1.29, 1.82) is 0 Å². The number of hydrogen-bond donors (Lipinski definition) is 2. The zero-order chi connectivity index (χ0) is 20.6. The van der Waals surface area contributed by atoms with Crippen molar-refractivity contribution < 1.29 is 13.2 Å². The van der Waals surface area contributed by atoms with Crippen LogP contribution in [0.15, 0.2) is 41.5 Å². The van der Waals surface area contributed by atoms with E-state index in [2.05, 4.69) is 20.7 Å². The van der Waals surface area contributed by atoms with Crippen molar-refractivity contribution >= 4 is 15.8 Å². The van der Waals surface area contributed by atoms with Gasteiger partial charge in [0.25, 0.3) is 0 Å². The van der Waals surface area contributed by atoms with Crippen LogP contribution in [0.1, 0.15) is 26.0 Å².